The number of aryl methyl sites for hydroxylation is 1. The van der Waals surface area contributed by atoms with Crippen LogP contribution in [-0.2, 0) is 14.1 Å². The van der Waals surface area contributed by atoms with E-state index in [1.807, 2.05) is 6.92 Å². The molecule has 0 spiro atoms. The van der Waals surface area contributed by atoms with E-state index in [-0.39, 0.29) is 28.5 Å². The summed E-state index contributed by atoms with van der Waals surface area (Å²) < 4.78 is 7.61. The van der Waals surface area contributed by atoms with Crippen molar-refractivity contribution in [3.05, 3.63) is 62.8 Å². The highest BCUT2D eigenvalue weighted by atomic mass is 16.3. The molecular weight excluding hydrogens is 324 g/mol. The number of aromatic nitrogens is 3. The van der Waals surface area contributed by atoms with Crippen molar-refractivity contribution in [2.24, 2.45) is 14.1 Å². The van der Waals surface area contributed by atoms with Crippen LogP contribution in [0.5, 0.6) is 0 Å². The quantitative estimate of drug-likeness (QED) is 0.710. The first-order chi connectivity index (χ1) is 11.8. The van der Waals surface area contributed by atoms with Crippen molar-refractivity contribution < 1.29 is 9.21 Å². The van der Waals surface area contributed by atoms with Crippen LogP contribution in [0.2, 0.25) is 0 Å². The minimum atomic E-state index is -0.484. The minimum Gasteiger partial charge on any atom is -0.467 e. The molecule has 0 radical (unpaired) electrons. The molecule has 3 heterocycles. The zero-order valence-corrected chi connectivity index (χ0v) is 14.4. The van der Waals surface area contributed by atoms with Crippen molar-refractivity contribution >= 4 is 16.9 Å². The van der Waals surface area contributed by atoms with Gasteiger partial charge < -0.3 is 9.32 Å². The molecule has 0 aliphatic carbocycles. The molecule has 0 fully saturated rings. The van der Waals surface area contributed by atoms with Crippen LogP contribution >= 0.6 is 0 Å². The Kier molecular flexibility index (Phi) is 4.03. The summed E-state index contributed by atoms with van der Waals surface area (Å²) in [4.78, 5) is 42.7. The molecule has 3 rings (SSSR count). The molecule has 8 heteroatoms. The van der Waals surface area contributed by atoms with E-state index in [9.17, 15) is 14.4 Å². The maximum absolute atomic E-state index is 12.7. The van der Waals surface area contributed by atoms with Gasteiger partial charge in [0, 0.05) is 27.3 Å². The fourth-order valence-corrected chi connectivity index (χ4v) is 2.68. The first kappa shape index (κ1) is 16.7. The maximum Gasteiger partial charge on any atom is 0.332 e. The van der Waals surface area contributed by atoms with Crippen molar-refractivity contribution in [1.82, 2.24) is 19.0 Å². The Morgan fingerprint density at radius 2 is 2.00 bits per heavy atom. The highest BCUT2D eigenvalue weighted by Gasteiger charge is 2.22. The molecule has 0 bridgehead atoms. The lowest BCUT2D eigenvalue weighted by molar-refractivity contribution is 0.0726. The topological polar surface area (TPSA) is 90.3 Å². The van der Waals surface area contributed by atoms with Gasteiger partial charge in [0.15, 0.2) is 0 Å². The van der Waals surface area contributed by atoms with Gasteiger partial charge in [-0.25, -0.2) is 9.78 Å². The van der Waals surface area contributed by atoms with Crippen LogP contribution in [0.3, 0.4) is 0 Å². The average Bonchev–Trinajstić information content (AvgIpc) is 3.17. The predicted octanol–water partition coefficient (Wildman–Crippen LogP) is 1.06. The molecule has 0 saturated heterocycles. The summed E-state index contributed by atoms with van der Waals surface area (Å²) in [6.45, 7) is 1.84. The second kappa shape index (κ2) is 6.04. The lowest BCUT2D eigenvalue weighted by Gasteiger charge is -2.23. The molecular formula is C17H18N4O4. The summed E-state index contributed by atoms with van der Waals surface area (Å²) in [7, 11) is 4.58. The van der Waals surface area contributed by atoms with Gasteiger partial charge in [-0.15, -0.1) is 0 Å². The summed E-state index contributed by atoms with van der Waals surface area (Å²) in [5, 5.41) is 0.217. The molecule has 0 aliphatic rings. The number of rotatable bonds is 3. The number of furan rings is 1. The van der Waals surface area contributed by atoms with E-state index < -0.39 is 11.2 Å². The lowest BCUT2D eigenvalue weighted by atomic mass is 10.1. The standard InChI is InChI=1S/C17H18N4O4/c1-10(13-6-5-7-25-13)19(2)15(22)11-8-12-14(18-9-11)20(3)17(24)21(4)16(12)23/h5-10H,1-4H3. The van der Waals surface area contributed by atoms with E-state index in [2.05, 4.69) is 4.98 Å². The molecule has 3 aromatic rings. The van der Waals surface area contributed by atoms with Gasteiger partial charge in [-0.2, -0.15) is 0 Å². The lowest BCUT2D eigenvalue weighted by Crippen LogP contribution is -2.37. The van der Waals surface area contributed by atoms with Crippen molar-refractivity contribution in [3.8, 4) is 0 Å². The van der Waals surface area contributed by atoms with E-state index >= 15 is 0 Å². The third-order valence-electron chi connectivity index (χ3n) is 4.40. The molecule has 130 valence electrons. The molecule has 1 atom stereocenters. The molecule has 8 nitrogen and oxygen atoms in total. The zero-order chi connectivity index (χ0) is 18.3. The summed E-state index contributed by atoms with van der Waals surface area (Å²) in [5.74, 6) is 0.358. The second-order valence-electron chi connectivity index (χ2n) is 5.91. The van der Waals surface area contributed by atoms with E-state index in [1.54, 1.807) is 25.4 Å². The van der Waals surface area contributed by atoms with Crippen molar-refractivity contribution in [1.29, 1.82) is 0 Å². The van der Waals surface area contributed by atoms with E-state index in [0.29, 0.717) is 5.76 Å². The van der Waals surface area contributed by atoms with Gasteiger partial charge in [0.25, 0.3) is 11.5 Å². The number of fused-ring (bicyclic) bond motifs is 1. The molecule has 1 unspecified atom stereocenters. The molecule has 0 aromatic carbocycles. The van der Waals surface area contributed by atoms with Gasteiger partial charge in [-0.05, 0) is 25.1 Å². The number of nitrogens with zero attached hydrogens (tertiary/aromatic N) is 4. The number of amides is 1. The van der Waals surface area contributed by atoms with Crippen LogP contribution in [0, 0.1) is 0 Å². The van der Waals surface area contributed by atoms with Gasteiger partial charge in [0.1, 0.15) is 11.4 Å². The normalized spacial score (nSPS) is 12.3. The summed E-state index contributed by atoms with van der Waals surface area (Å²) >= 11 is 0. The Morgan fingerprint density at radius 1 is 1.28 bits per heavy atom. The second-order valence-corrected chi connectivity index (χ2v) is 5.91. The van der Waals surface area contributed by atoms with Crippen LogP contribution in [0.25, 0.3) is 11.0 Å². The molecule has 3 aromatic heterocycles. The Labute approximate surface area is 142 Å². The highest BCUT2D eigenvalue weighted by molar-refractivity contribution is 5.96. The first-order valence-corrected chi connectivity index (χ1v) is 7.69. The van der Waals surface area contributed by atoms with Gasteiger partial charge in [-0.1, -0.05) is 0 Å². The van der Waals surface area contributed by atoms with Crippen LogP contribution in [0.4, 0.5) is 0 Å². The number of hydrogen-bond acceptors (Lipinski definition) is 5. The maximum atomic E-state index is 12.7. The Bertz CT molecular complexity index is 1060. The van der Waals surface area contributed by atoms with E-state index in [1.165, 1.54) is 35.8 Å². The third kappa shape index (κ3) is 2.65. The van der Waals surface area contributed by atoms with Crippen molar-refractivity contribution in [2.75, 3.05) is 7.05 Å². The summed E-state index contributed by atoms with van der Waals surface area (Å²) in [6.07, 6.45) is 2.92. The third-order valence-corrected chi connectivity index (χ3v) is 4.40. The zero-order valence-electron chi connectivity index (χ0n) is 14.4. The Balaban J connectivity index is 2.06. The largest absolute Gasteiger partial charge is 0.467 e. The molecule has 25 heavy (non-hydrogen) atoms. The predicted molar refractivity (Wildman–Crippen MR) is 91.4 cm³/mol. The molecule has 0 aliphatic heterocycles. The number of hydrogen-bond donors (Lipinski definition) is 0. The summed E-state index contributed by atoms with van der Waals surface area (Å²) in [5.41, 5.74) is -0.440. The fraction of sp³-hybridized carbons (Fsp3) is 0.294. The number of pyridine rings is 1. The SMILES string of the molecule is CC(c1ccco1)N(C)C(=O)c1cnc2c(c1)c(=O)n(C)c(=O)n2C. The van der Waals surface area contributed by atoms with Crippen LogP contribution in [0.15, 0.2) is 44.7 Å². The van der Waals surface area contributed by atoms with Gasteiger partial charge in [-0.3, -0.25) is 18.7 Å². The van der Waals surface area contributed by atoms with Crippen molar-refractivity contribution in [2.45, 2.75) is 13.0 Å². The fourth-order valence-electron chi connectivity index (χ4n) is 2.68. The van der Waals surface area contributed by atoms with Crippen LogP contribution in [-0.4, -0.2) is 32.0 Å². The molecule has 1 amide bonds. The van der Waals surface area contributed by atoms with Gasteiger partial charge in [0.2, 0.25) is 0 Å². The average molecular weight is 342 g/mol. The van der Waals surface area contributed by atoms with Gasteiger partial charge >= 0.3 is 5.69 Å². The highest BCUT2D eigenvalue weighted by Crippen LogP contribution is 2.21. The Morgan fingerprint density at radius 3 is 2.64 bits per heavy atom. The summed E-state index contributed by atoms with van der Waals surface area (Å²) in [6, 6.07) is 4.74. The first-order valence-electron chi connectivity index (χ1n) is 7.69. The van der Waals surface area contributed by atoms with E-state index in [4.69, 9.17) is 4.42 Å². The minimum absolute atomic E-state index is 0.217. The number of carbonyl (C=O) groups is 1. The smallest absolute Gasteiger partial charge is 0.332 e. The molecule has 0 N–H and O–H groups in total. The Hall–Kier alpha value is -3.16. The van der Waals surface area contributed by atoms with E-state index in [0.717, 1.165) is 4.57 Å². The van der Waals surface area contributed by atoms with Crippen LogP contribution < -0.4 is 11.2 Å². The number of carbonyl (C=O) groups excluding carboxylic acids is 1. The van der Waals surface area contributed by atoms with Crippen molar-refractivity contribution in [3.63, 3.8) is 0 Å². The monoisotopic (exact) mass is 342 g/mol. The molecule has 0 saturated carbocycles. The van der Waals surface area contributed by atoms with Crippen LogP contribution in [0.1, 0.15) is 29.1 Å². The van der Waals surface area contributed by atoms with Gasteiger partial charge in [0.05, 0.1) is 23.3 Å².